The Morgan fingerprint density at radius 2 is 1.80 bits per heavy atom. The van der Waals surface area contributed by atoms with Gasteiger partial charge >= 0.3 is 0 Å². The van der Waals surface area contributed by atoms with Gasteiger partial charge in [0.1, 0.15) is 11.5 Å². The fraction of sp³-hybridized carbons (Fsp3) is 0.250. The molecule has 1 aromatic heterocycles. The van der Waals surface area contributed by atoms with Gasteiger partial charge in [-0.05, 0) is 18.2 Å². The summed E-state index contributed by atoms with van der Waals surface area (Å²) in [6.45, 7) is 1.26. The van der Waals surface area contributed by atoms with Crippen LogP contribution in [0.5, 0.6) is 11.5 Å². The number of benzene rings is 2. The van der Waals surface area contributed by atoms with E-state index >= 15 is 0 Å². The van der Waals surface area contributed by atoms with Crippen LogP contribution in [-0.2, 0) is 13.0 Å². The molecule has 5 nitrogen and oxygen atoms in total. The lowest BCUT2D eigenvalue weighted by molar-refractivity contribution is 0.0731. The van der Waals surface area contributed by atoms with Crippen molar-refractivity contribution in [3.05, 3.63) is 59.3 Å². The summed E-state index contributed by atoms with van der Waals surface area (Å²) in [6, 6.07) is 13.4. The third kappa shape index (κ3) is 2.52. The number of nitrogens with zero attached hydrogens (tertiary/aromatic N) is 1. The summed E-state index contributed by atoms with van der Waals surface area (Å²) in [5, 5.41) is 1.12. The summed E-state index contributed by atoms with van der Waals surface area (Å²) < 4.78 is 10.8. The standard InChI is InChI=1S/C20H20N2O3/c1-24-17-8-4-3-6-14(17)20(23)22-11-10-16-15(12-22)13-7-5-9-18(25-2)19(13)21-16/h3-9,21H,10-12H2,1-2H3. The van der Waals surface area contributed by atoms with E-state index in [-0.39, 0.29) is 5.91 Å². The van der Waals surface area contributed by atoms with Crippen LogP contribution in [0.1, 0.15) is 21.6 Å². The van der Waals surface area contributed by atoms with Gasteiger partial charge in [0.2, 0.25) is 0 Å². The molecule has 0 aliphatic carbocycles. The fourth-order valence-electron chi connectivity index (χ4n) is 3.55. The Labute approximate surface area is 146 Å². The number of nitrogens with one attached hydrogen (secondary N) is 1. The van der Waals surface area contributed by atoms with E-state index in [9.17, 15) is 4.79 Å². The van der Waals surface area contributed by atoms with Crippen LogP contribution in [0, 0.1) is 0 Å². The van der Waals surface area contributed by atoms with Gasteiger partial charge in [0.05, 0.1) is 25.3 Å². The van der Waals surface area contributed by atoms with Crippen molar-refractivity contribution in [3.8, 4) is 11.5 Å². The molecule has 0 unspecified atom stereocenters. The third-order valence-electron chi connectivity index (χ3n) is 4.82. The van der Waals surface area contributed by atoms with Crippen molar-refractivity contribution in [1.82, 2.24) is 9.88 Å². The number of aromatic amines is 1. The Kier molecular flexibility index (Phi) is 3.84. The second-order valence-electron chi connectivity index (χ2n) is 6.14. The summed E-state index contributed by atoms with van der Waals surface area (Å²) in [4.78, 5) is 18.3. The average Bonchev–Trinajstić information content (AvgIpc) is 3.05. The minimum Gasteiger partial charge on any atom is -0.496 e. The molecule has 2 heterocycles. The predicted octanol–water partition coefficient (Wildman–Crippen LogP) is 3.38. The minimum atomic E-state index is 0.000320. The highest BCUT2D eigenvalue weighted by Gasteiger charge is 2.26. The molecule has 0 saturated heterocycles. The van der Waals surface area contributed by atoms with Crippen LogP contribution >= 0.6 is 0 Å². The number of methoxy groups -OCH3 is 2. The van der Waals surface area contributed by atoms with Crippen molar-refractivity contribution >= 4 is 16.8 Å². The number of para-hydroxylation sites is 2. The molecule has 0 fully saturated rings. The molecule has 5 heteroatoms. The highest BCUT2D eigenvalue weighted by Crippen LogP contribution is 2.33. The highest BCUT2D eigenvalue weighted by atomic mass is 16.5. The van der Waals surface area contributed by atoms with Crippen molar-refractivity contribution < 1.29 is 14.3 Å². The van der Waals surface area contributed by atoms with E-state index in [0.717, 1.165) is 23.1 Å². The lowest BCUT2D eigenvalue weighted by Gasteiger charge is -2.27. The molecule has 1 amide bonds. The topological polar surface area (TPSA) is 54.6 Å². The van der Waals surface area contributed by atoms with Crippen LogP contribution in [0.15, 0.2) is 42.5 Å². The molecule has 4 rings (SSSR count). The van der Waals surface area contributed by atoms with Gasteiger partial charge < -0.3 is 19.4 Å². The van der Waals surface area contributed by atoms with Gasteiger partial charge in [0, 0.05) is 36.2 Å². The van der Waals surface area contributed by atoms with Gasteiger partial charge in [-0.25, -0.2) is 0 Å². The fourth-order valence-corrected chi connectivity index (χ4v) is 3.55. The van der Waals surface area contributed by atoms with Crippen LogP contribution in [-0.4, -0.2) is 36.6 Å². The molecule has 25 heavy (non-hydrogen) atoms. The minimum absolute atomic E-state index is 0.000320. The smallest absolute Gasteiger partial charge is 0.257 e. The number of fused-ring (bicyclic) bond motifs is 3. The maximum absolute atomic E-state index is 13.0. The number of carbonyl (C=O) groups is 1. The molecule has 0 saturated carbocycles. The average molecular weight is 336 g/mol. The van der Waals surface area contributed by atoms with Gasteiger partial charge in [-0.1, -0.05) is 24.3 Å². The summed E-state index contributed by atoms with van der Waals surface area (Å²) >= 11 is 0. The van der Waals surface area contributed by atoms with Crippen molar-refractivity contribution in [1.29, 1.82) is 0 Å². The first kappa shape index (κ1) is 15.6. The van der Waals surface area contributed by atoms with Crippen molar-refractivity contribution in [2.24, 2.45) is 0 Å². The quantitative estimate of drug-likeness (QED) is 0.798. The van der Waals surface area contributed by atoms with E-state index in [1.165, 1.54) is 11.3 Å². The first-order chi connectivity index (χ1) is 12.2. The van der Waals surface area contributed by atoms with E-state index in [4.69, 9.17) is 9.47 Å². The van der Waals surface area contributed by atoms with Crippen molar-refractivity contribution in [2.45, 2.75) is 13.0 Å². The highest BCUT2D eigenvalue weighted by molar-refractivity contribution is 5.98. The molecule has 0 radical (unpaired) electrons. The molecule has 0 atom stereocenters. The van der Waals surface area contributed by atoms with Crippen LogP contribution in [0.4, 0.5) is 0 Å². The Bertz CT molecular complexity index is 945. The maximum Gasteiger partial charge on any atom is 0.257 e. The van der Waals surface area contributed by atoms with Gasteiger partial charge in [-0.15, -0.1) is 0 Å². The largest absolute Gasteiger partial charge is 0.496 e. The van der Waals surface area contributed by atoms with Crippen LogP contribution < -0.4 is 9.47 Å². The number of rotatable bonds is 3. The lowest BCUT2D eigenvalue weighted by Crippen LogP contribution is -2.36. The Balaban J connectivity index is 1.70. The summed E-state index contributed by atoms with van der Waals surface area (Å²) in [5.41, 5.74) is 3.96. The molecule has 0 bridgehead atoms. The predicted molar refractivity (Wildman–Crippen MR) is 96.3 cm³/mol. The molecule has 2 aromatic carbocycles. The van der Waals surface area contributed by atoms with Crippen LogP contribution in [0.3, 0.4) is 0 Å². The number of carbonyl (C=O) groups excluding carboxylic acids is 1. The van der Waals surface area contributed by atoms with E-state index < -0.39 is 0 Å². The Morgan fingerprint density at radius 1 is 1.04 bits per heavy atom. The molecular weight excluding hydrogens is 316 g/mol. The number of hydrogen-bond acceptors (Lipinski definition) is 3. The van der Waals surface area contributed by atoms with Crippen LogP contribution in [0.2, 0.25) is 0 Å². The van der Waals surface area contributed by atoms with Gasteiger partial charge in [0.25, 0.3) is 5.91 Å². The Morgan fingerprint density at radius 3 is 2.60 bits per heavy atom. The van der Waals surface area contributed by atoms with E-state index in [1.807, 2.05) is 41.3 Å². The normalized spacial score (nSPS) is 13.6. The second-order valence-corrected chi connectivity index (χ2v) is 6.14. The SMILES string of the molecule is COc1ccccc1C(=O)N1CCc2[nH]c3c(OC)cccc3c2C1. The number of aromatic nitrogens is 1. The molecule has 1 aliphatic rings. The molecule has 1 aliphatic heterocycles. The van der Waals surface area contributed by atoms with Crippen molar-refractivity contribution in [3.63, 3.8) is 0 Å². The molecule has 3 aromatic rings. The Hall–Kier alpha value is -2.95. The van der Waals surface area contributed by atoms with Gasteiger partial charge in [-0.2, -0.15) is 0 Å². The van der Waals surface area contributed by atoms with Crippen LogP contribution in [0.25, 0.3) is 10.9 Å². The van der Waals surface area contributed by atoms with E-state index in [1.54, 1.807) is 14.2 Å². The summed E-state index contributed by atoms with van der Waals surface area (Å²) in [5.74, 6) is 1.44. The molecule has 128 valence electrons. The number of hydrogen-bond donors (Lipinski definition) is 1. The molecular formula is C20H20N2O3. The third-order valence-corrected chi connectivity index (χ3v) is 4.82. The number of H-pyrrole nitrogens is 1. The van der Waals surface area contributed by atoms with E-state index in [2.05, 4.69) is 11.1 Å². The van der Waals surface area contributed by atoms with Gasteiger partial charge in [-0.3, -0.25) is 4.79 Å². The van der Waals surface area contributed by atoms with Crippen molar-refractivity contribution in [2.75, 3.05) is 20.8 Å². The number of ether oxygens (including phenoxy) is 2. The molecule has 1 N–H and O–H groups in total. The molecule has 0 spiro atoms. The van der Waals surface area contributed by atoms with E-state index in [0.29, 0.717) is 24.4 Å². The first-order valence-corrected chi connectivity index (χ1v) is 8.31. The summed E-state index contributed by atoms with van der Waals surface area (Å²) in [7, 11) is 3.26. The van der Waals surface area contributed by atoms with Gasteiger partial charge in [0.15, 0.2) is 0 Å². The summed E-state index contributed by atoms with van der Waals surface area (Å²) in [6.07, 6.45) is 0.800. The zero-order valence-corrected chi connectivity index (χ0v) is 14.3. The second kappa shape index (κ2) is 6.16. The zero-order chi connectivity index (χ0) is 17.4. The monoisotopic (exact) mass is 336 g/mol. The lowest BCUT2D eigenvalue weighted by atomic mass is 10.0. The first-order valence-electron chi connectivity index (χ1n) is 8.31. The zero-order valence-electron chi connectivity index (χ0n) is 14.3. The maximum atomic E-state index is 13.0. The number of amides is 1.